The van der Waals surface area contributed by atoms with Gasteiger partial charge in [-0.25, -0.2) is 0 Å². The Hall–Kier alpha value is -2.11. The molecule has 0 heterocycles. The molecule has 0 radical (unpaired) electrons. The molecule has 0 N–H and O–H groups in total. The van der Waals surface area contributed by atoms with E-state index in [1.54, 1.807) is 26.0 Å². The Kier molecular flexibility index (Phi) is 4.22. The largest absolute Gasteiger partial charge is 0.465 e. The van der Waals surface area contributed by atoms with Gasteiger partial charge < -0.3 is 9.64 Å². The fourth-order valence-electron chi connectivity index (χ4n) is 2.19. The molecule has 1 aliphatic rings. The Balaban J connectivity index is 2.19. The zero-order chi connectivity index (χ0) is 14.7. The smallest absolute Gasteiger partial charge is 0.325 e. The lowest BCUT2D eigenvalue weighted by Gasteiger charge is -2.23. The Morgan fingerprint density at radius 3 is 2.70 bits per heavy atom. The van der Waals surface area contributed by atoms with Crippen LogP contribution in [0.25, 0.3) is 0 Å². The zero-order valence-corrected chi connectivity index (χ0v) is 11.7. The molecule has 0 amide bonds. The lowest BCUT2D eigenvalue weighted by molar-refractivity contribution is -0.385. The normalized spacial score (nSPS) is 13.9. The van der Waals surface area contributed by atoms with Gasteiger partial charge in [0, 0.05) is 23.4 Å². The van der Waals surface area contributed by atoms with Crippen LogP contribution >= 0.6 is 0 Å². The lowest BCUT2D eigenvalue weighted by atomic mass is 10.1. The van der Waals surface area contributed by atoms with Crippen molar-refractivity contribution in [3.05, 3.63) is 33.9 Å². The van der Waals surface area contributed by atoms with Crippen LogP contribution in [0, 0.1) is 17.0 Å². The highest BCUT2D eigenvalue weighted by atomic mass is 16.6. The molecule has 0 spiro atoms. The summed E-state index contributed by atoms with van der Waals surface area (Å²) < 4.78 is 4.98. The summed E-state index contributed by atoms with van der Waals surface area (Å²) >= 11 is 0. The molecule has 1 aliphatic carbocycles. The van der Waals surface area contributed by atoms with Crippen LogP contribution in [0.15, 0.2) is 18.2 Å². The van der Waals surface area contributed by atoms with Gasteiger partial charge in [-0.1, -0.05) is 0 Å². The first-order valence-electron chi connectivity index (χ1n) is 6.70. The van der Waals surface area contributed by atoms with Crippen molar-refractivity contribution in [2.75, 3.05) is 18.1 Å². The summed E-state index contributed by atoms with van der Waals surface area (Å²) in [5.41, 5.74) is 1.53. The summed E-state index contributed by atoms with van der Waals surface area (Å²) in [6.07, 6.45) is 2.07. The molecule has 0 atom stereocenters. The molecule has 0 aromatic heterocycles. The minimum Gasteiger partial charge on any atom is -0.465 e. The maximum atomic E-state index is 11.6. The van der Waals surface area contributed by atoms with Gasteiger partial charge in [-0.15, -0.1) is 0 Å². The van der Waals surface area contributed by atoms with E-state index in [1.165, 1.54) is 6.07 Å². The molecule has 1 saturated carbocycles. The molecule has 1 aromatic rings. The van der Waals surface area contributed by atoms with Gasteiger partial charge in [0.05, 0.1) is 11.5 Å². The van der Waals surface area contributed by atoms with E-state index in [-0.39, 0.29) is 18.2 Å². The summed E-state index contributed by atoms with van der Waals surface area (Å²) in [4.78, 5) is 24.0. The number of nitro groups is 1. The zero-order valence-electron chi connectivity index (χ0n) is 11.7. The SMILES string of the molecule is CCOC(=O)CN(c1ccc([N+](=O)[O-])c(C)c1)C1CC1. The van der Waals surface area contributed by atoms with Crippen LogP contribution < -0.4 is 4.90 Å². The first kappa shape index (κ1) is 14.3. The summed E-state index contributed by atoms with van der Waals surface area (Å²) in [5.74, 6) is -0.268. The first-order valence-corrected chi connectivity index (χ1v) is 6.70. The minimum atomic E-state index is -0.397. The third-order valence-corrected chi connectivity index (χ3v) is 3.30. The van der Waals surface area contributed by atoms with E-state index in [1.807, 2.05) is 4.90 Å². The molecular formula is C14H18N2O4. The van der Waals surface area contributed by atoms with E-state index >= 15 is 0 Å². The van der Waals surface area contributed by atoms with Crippen molar-refractivity contribution in [2.24, 2.45) is 0 Å². The number of nitro benzene ring substituents is 1. The Labute approximate surface area is 117 Å². The van der Waals surface area contributed by atoms with Gasteiger partial charge >= 0.3 is 5.97 Å². The van der Waals surface area contributed by atoms with Crippen LogP contribution in [-0.2, 0) is 9.53 Å². The molecular weight excluding hydrogens is 260 g/mol. The number of aryl methyl sites for hydroxylation is 1. The fourth-order valence-corrected chi connectivity index (χ4v) is 2.19. The van der Waals surface area contributed by atoms with E-state index in [9.17, 15) is 14.9 Å². The van der Waals surface area contributed by atoms with Crippen molar-refractivity contribution in [1.82, 2.24) is 0 Å². The van der Waals surface area contributed by atoms with E-state index in [0.29, 0.717) is 18.2 Å². The molecule has 20 heavy (non-hydrogen) atoms. The van der Waals surface area contributed by atoms with Crippen molar-refractivity contribution in [2.45, 2.75) is 32.7 Å². The second kappa shape index (κ2) is 5.90. The van der Waals surface area contributed by atoms with Gasteiger partial charge in [-0.2, -0.15) is 0 Å². The predicted octanol–water partition coefficient (Wildman–Crippen LogP) is 2.44. The summed E-state index contributed by atoms with van der Waals surface area (Å²) in [7, 11) is 0. The van der Waals surface area contributed by atoms with Crippen LogP contribution in [0.2, 0.25) is 0 Å². The third-order valence-electron chi connectivity index (χ3n) is 3.30. The number of esters is 1. The van der Waals surface area contributed by atoms with Crippen molar-refractivity contribution in [3.63, 3.8) is 0 Å². The Morgan fingerprint density at radius 2 is 2.20 bits per heavy atom. The van der Waals surface area contributed by atoms with Gasteiger partial charge in [0.2, 0.25) is 0 Å². The standard InChI is InChI=1S/C14H18N2O4/c1-3-20-14(17)9-15(11-4-5-11)12-6-7-13(16(18)19)10(2)8-12/h6-8,11H,3-5,9H2,1-2H3. The van der Waals surface area contributed by atoms with E-state index in [4.69, 9.17) is 4.74 Å². The number of nitrogens with zero attached hydrogens (tertiary/aromatic N) is 2. The van der Waals surface area contributed by atoms with E-state index in [0.717, 1.165) is 18.5 Å². The molecule has 108 valence electrons. The lowest BCUT2D eigenvalue weighted by Crippen LogP contribution is -2.33. The van der Waals surface area contributed by atoms with Crippen LogP contribution in [0.4, 0.5) is 11.4 Å². The average molecular weight is 278 g/mol. The Bertz CT molecular complexity index is 526. The summed E-state index contributed by atoms with van der Waals surface area (Å²) in [6.45, 7) is 4.03. The number of rotatable bonds is 6. The number of hydrogen-bond donors (Lipinski definition) is 0. The van der Waals surface area contributed by atoms with Gasteiger partial charge in [0.1, 0.15) is 6.54 Å². The highest BCUT2D eigenvalue weighted by Gasteiger charge is 2.31. The highest BCUT2D eigenvalue weighted by molar-refractivity contribution is 5.76. The number of ether oxygens (including phenoxy) is 1. The summed E-state index contributed by atoms with van der Waals surface area (Å²) in [6, 6.07) is 5.28. The molecule has 1 fully saturated rings. The maximum Gasteiger partial charge on any atom is 0.325 e. The van der Waals surface area contributed by atoms with Crippen molar-refractivity contribution in [1.29, 1.82) is 0 Å². The van der Waals surface area contributed by atoms with Gasteiger partial charge in [-0.3, -0.25) is 14.9 Å². The molecule has 6 nitrogen and oxygen atoms in total. The van der Waals surface area contributed by atoms with E-state index < -0.39 is 4.92 Å². The average Bonchev–Trinajstić information content (AvgIpc) is 3.20. The first-order chi connectivity index (χ1) is 9.52. The third kappa shape index (κ3) is 3.26. The van der Waals surface area contributed by atoms with Crippen molar-refractivity contribution in [3.8, 4) is 0 Å². The molecule has 0 bridgehead atoms. The van der Waals surface area contributed by atoms with Crippen LogP contribution in [0.3, 0.4) is 0 Å². The van der Waals surface area contributed by atoms with Gasteiger partial charge in [0.25, 0.3) is 5.69 Å². The van der Waals surface area contributed by atoms with Crippen LogP contribution in [-0.4, -0.2) is 30.1 Å². The fraction of sp³-hybridized carbons (Fsp3) is 0.500. The number of anilines is 1. The van der Waals surface area contributed by atoms with Gasteiger partial charge in [-0.05, 0) is 38.8 Å². The molecule has 0 unspecified atom stereocenters. The monoisotopic (exact) mass is 278 g/mol. The number of hydrogen-bond acceptors (Lipinski definition) is 5. The molecule has 6 heteroatoms. The maximum absolute atomic E-state index is 11.6. The molecule has 0 aliphatic heterocycles. The van der Waals surface area contributed by atoms with Crippen molar-refractivity contribution >= 4 is 17.3 Å². The second-order valence-corrected chi connectivity index (χ2v) is 4.89. The number of carbonyl (C=O) groups excluding carboxylic acids is 1. The highest BCUT2D eigenvalue weighted by Crippen LogP contribution is 2.33. The summed E-state index contributed by atoms with van der Waals surface area (Å²) in [5, 5.41) is 10.8. The minimum absolute atomic E-state index is 0.0978. The molecule has 0 saturated heterocycles. The number of benzene rings is 1. The Morgan fingerprint density at radius 1 is 1.50 bits per heavy atom. The van der Waals surface area contributed by atoms with Gasteiger partial charge in [0.15, 0.2) is 0 Å². The predicted molar refractivity (Wildman–Crippen MR) is 74.8 cm³/mol. The van der Waals surface area contributed by atoms with Crippen LogP contribution in [0.5, 0.6) is 0 Å². The quantitative estimate of drug-likeness (QED) is 0.454. The topological polar surface area (TPSA) is 72.7 Å². The number of carbonyl (C=O) groups is 1. The second-order valence-electron chi connectivity index (χ2n) is 4.89. The van der Waals surface area contributed by atoms with Crippen LogP contribution in [0.1, 0.15) is 25.3 Å². The van der Waals surface area contributed by atoms with E-state index in [2.05, 4.69) is 0 Å². The molecule has 1 aromatic carbocycles. The molecule has 2 rings (SSSR count). The van der Waals surface area contributed by atoms with Crippen molar-refractivity contribution < 1.29 is 14.5 Å².